The molecule has 0 aromatic rings. The summed E-state index contributed by atoms with van der Waals surface area (Å²) in [5, 5.41) is 12.4. The number of aliphatic carboxylic acids is 1. The fourth-order valence-corrected chi connectivity index (χ4v) is 1.54. The molecule has 1 N–H and O–H groups in total. The summed E-state index contributed by atoms with van der Waals surface area (Å²) < 4.78 is 4.76. The van der Waals surface area contributed by atoms with E-state index in [-0.39, 0.29) is 18.6 Å². The molecule has 0 bridgehead atoms. The van der Waals surface area contributed by atoms with Crippen LogP contribution in [-0.2, 0) is 14.3 Å². The molecule has 1 atom stereocenters. The Morgan fingerprint density at radius 1 is 1.47 bits per heavy atom. The number of hydrogen-bond acceptors (Lipinski definition) is 4. The van der Waals surface area contributed by atoms with Crippen molar-refractivity contribution in [2.75, 3.05) is 13.2 Å². The van der Waals surface area contributed by atoms with Crippen molar-refractivity contribution < 1.29 is 19.4 Å². The smallest absolute Gasteiger partial charge is 0.333 e. The summed E-state index contributed by atoms with van der Waals surface area (Å²) in [6.07, 6.45) is 1.73. The van der Waals surface area contributed by atoms with Gasteiger partial charge in [0.1, 0.15) is 0 Å². The fraction of sp³-hybridized carbons (Fsp3) is 0.667. The van der Waals surface area contributed by atoms with Gasteiger partial charge in [0.05, 0.1) is 12.5 Å². The number of nitrogens with zero attached hydrogens (tertiary/aromatic N) is 3. The van der Waals surface area contributed by atoms with Crippen molar-refractivity contribution in [2.45, 2.75) is 32.6 Å². The Morgan fingerprint density at radius 3 is 2.68 bits per heavy atom. The zero-order valence-corrected chi connectivity index (χ0v) is 11.0. The third-order valence-electron chi connectivity index (χ3n) is 2.53. The van der Waals surface area contributed by atoms with Gasteiger partial charge in [-0.05, 0) is 31.7 Å². The minimum absolute atomic E-state index is 0.0791. The second kappa shape index (κ2) is 9.96. The average molecular weight is 269 g/mol. The Balaban J connectivity index is 4.18. The Bertz CT molecular complexity index is 375. The van der Waals surface area contributed by atoms with E-state index in [4.69, 9.17) is 15.4 Å². The van der Waals surface area contributed by atoms with Crippen LogP contribution in [0.4, 0.5) is 0 Å². The molecule has 0 radical (unpaired) electrons. The topological polar surface area (TPSA) is 112 Å². The molecule has 0 aromatic carbocycles. The van der Waals surface area contributed by atoms with Crippen molar-refractivity contribution >= 4 is 11.9 Å². The summed E-state index contributed by atoms with van der Waals surface area (Å²) >= 11 is 0. The average Bonchev–Trinajstić information content (AvgIpc) is 2.36. The van der Waals surface area contributed by atoms with Gasteiger partial charge in [-0.25, -0.2) is 4.79 Å². The predicted octanol–water partition coefficient (Wildman–Crippen LogP) is 2.68. The Labute approximate surface area is 111 Å². The van der Waals surface area contributed by atoms with Crippen LogP contribution >= 0.6 is 0 Å². The first-order valence-corrected chi connectivity index (χ1v) is 6.11. The number of esters is 1. The molecule has 7 heteroatoms. The number of hydrogen-bond donors (Lipinski definition) is 1. The van der Waals surface area contributed by atoms with Gasteiger partial charge in [0.15, 0.2) is 0 Å². The van der Waals surface area contributed by atoms with Crippen LogP contribution < -0.4 is 0 Å². The molecule has 0 aliphatic heterocycles. The summed E-state index contributed by atoms with van der Waals surface area (Å²) in [5.41, 5.74) is 8.27. The van der Waals surface area contributed by atoms with Crippen LogP contribution in [0, 0.1) is 5.92 Å². The molecule has 0 heterocycles. The van der Waals surface area contributed by atoms with Crippen LogP contribution in [-0.4, -0.2) is 30.2 Å². The van der Waals surface area contributed by atoms with Crippen molar-refractivity contribution in [1.29, 1.82) is 0 Å². The quantitative estimate of drug-likeness (QED) is 0.164. The van der Waals surface area contributed by atoms with Crippen molar-refractivity contribution in [1.82, 2.24) is 0 Å². The molecule has 0 aliphatic rings. The van der Waals surface area contributed by atoms with Gasteiger partial charge in [-0.1, -0.05) is 18.1 Å². The molecule has 106 valence electrons. The first kappa shape index (κ1) is 17.0. The number of carbonyl (C=O) groups is 2. The minimum Gasteiger partial charge on any atom is -0.481 e. The predicted molar refractivity (Wildman–Crippen MR) is 69.4 cm³/mol. The molecule has 0 spiro atoms. The molecule has 0 saturated carbocycles. The van der Waals surface area contributed by atoms with Gasteiger partial charge in [-0.15, -0.1) is 0 Å². The van der Waals surface area contributed by atoms with Crippen molar-refractivity contribution in [3.05, 3.63) is 22.6 Å². The second-order valence-electron chi connectivity index (χ2n) is 4.01. The lowest BCUT2D eigenvalue weighted by molar-refractivity contribution is -0.142. The standard InChI is InChI=1S/C12H19N3O4/c1-3-19-12(18)9(2)8-10(11(16)17)6-4-5-7-14-15-13/h10H,2-8H2,1H3,(H,16,17). The van der Waals surface area contributed by atoms with E-state index < -0.39 is 17.9 Å². The van der Waals surface area contributed by atoms with Gasteiger partial charge in [0, 0.05) is 17.0 Å². The number of carboxylic acid groups (broad SMARTS) is 1. The van der Waals surface area contributed by atoms with E-state index in [1.807, 2.05) is 0 Å². The summed E-state index contributed by atoms with van der Waals surface area (Å²) in [6, 6.07) is 0. The third kappa shape index (κ3) is 7.83. The molecular formula is C12H19N3O4. The number of rotatable bonds is 10. The van der Waals surface area contributed by atoms with E-state index in [0.717, 1.165) is 0 Å². The van der Waals surface area contributed by atoms with E-state index in [0.29, 0.717) is 25.8 Å². The van der Waals surface area contributed by atoms with Crippen molar-refractivity contribution in [2.24, 2.45) is 11.0 Å². The van der Waals surface area contributed by atoms with Crippen LogP contribution in [0.1, 0.15) is 32.6 Å². The lowest BCUT2D eigenvalue weighted by Gasteiger charge is -2.13. The second-order valence-corrected chi connectivity index (χ2v) is 4.01. The van der Waals surface area contributed by atoms with Gasteiger partial charge in [0.2, 0.25) is 0 Å². The Morgan fingerprint density at radius 2 is 2.16 bits per heavy atom. The molecule has 0 aliphatic carbocycles. The van der Waals surface area contributed by atoms with E-state index in [9.17, 15) is 9.59 Å². The SMILES string of the molecule is C=C(CC(CCCCN=[N+]=[N-])C(=O)O)C(=O)OCC. The van der Waals surface area contributed by atoms with E-state index >= 15 is 0 Å². The lowest BCUT2D eigenvalue weighted by Crippen LogP contribution is -2.18. The first-order valence-electron chi connectivity index (χ1n) is 6.11. The molecule has 0 aromatic heterocycles. The van der Waals surface area contributed by atoms with Crippen LogP contribution in [0.2, 0.25) is 0 Å². The zero-order valence-electron chi connectivity index (χ0n) is 11.0. The molecule has 0 saturated heterocycles. The van der Waals surface area contributed by atoms with Crippen LogP contribution in [0.25, 0.3) is 10.4 Å². The van der Waals surface area contributed by atoms with Crippen LogP contribution in [0.5, 0.6) is 0 Å². The lowest BCUT2D eigenvalue weighted by atomic mass is 9.94. The summed E-state index contributed by atoms with van der Waals surface area (Å²) in [6.45, 7) is 5.81. The number of carboxylic acids is 1. The Kier molecular flexibility index (Phi) is 8.91. The van der Waals surface area contributed by atoms with E-state index in [1.165, 1.54) is 0 Å². The highest BCUT2D eigenvalue weighted by molar-refractivity contribution is 5.88. The maximum atomic E-state index is 11.3. The summed E-state index contributed by atoms with van der Waals surface area (Å²) in [7, 11) is 0. The zero-order chi connectivity index (χ0) is 14.7. The highest BCUT2D eigenvalue weighted by Crippen LogP contribution is 2.18. The molecule has 0 rings (SSSR count). The maximum absolute atomic E-state index is 11.3. The number of unbranched alkanes of at least 4 members (excludes halogenated alkanes) is 1. The largest absolute Gasteiger partial charge is 0.481 e. The Hall–Kier alpha value is -2.01. The summed E-state index contributed by atoms with van der Waals surface area (Å²) in [5.74, 6) is -2.18. The number of azide groups is 1. The molecule has 0 amide bonds. The van der Waals surface area contributed by atoms with Crippen LogP contribution in [0.3, 0.4) is 0 Å². The molecule has 1 unspecified atom stereocenters. The molecule has 7 nitrogen and oxygen atoms in total. The highest BCUT2D eigenvalue weighted by atomic mass is 16.5. The van der Waals surface area contributed by atoms with Crippen molar-refractivity contribution in [3.63, 3.8) is 0 Å². The summed E-state index contributed by atoms with van der Waals surface area (Å²) in [4.78, 5) is 25.0. The molecule has 19 heavy (non-hydrogen) atoms. The van der Waals surface area contributed by atoms with Gasteiger partial charge in [-0.2, -0.15) is 0 Å². The van der Waals surface area contributed by atoms with Gasteiger partial charge >= 0.3 is 11.9 Å². The van der Waals surface area contributed by atoms with Gasteiger partial charge in [-0.3, -0.25) is 4.79 Å². The monoisotopic (exact) mass is 269 g/mol. The van der Waals surface area contributed by atoms with Gasteiger partial charge < -0.3 is 9.84 Å². The number of ether oxygens (including phenoxy) is 1. The molecule has 0 fully saturated rings. The van der Waals surface area contributed by atoms with Gasteiger partial charge in [0.25, 0.3) is 0 Å². The van der Waals surface area contributed by atoms with Crippen LogP contribution in [0.15, 0.2) is 17.3 Å². The maximum Gasteiger partial charge on any atom is 0.333 e. The molecular weight excluding hydrogens is 250 g/mol. The minimum atomic E-state index is -0.964. The van der Waals surface area contributed by atoms with Crippen molar-refractivity contribution in [3.8, 4) is 0 Å². The highest BCUT2D eigenvalue weighted by Gasteiger charge is 2.21. The van der Waals surface area contributed by atoms with E-state index in [1.54, 1.807) is 6.92 Å². The van der Waals surface area contributed by atoms with E-state index in [2.05, 4.69) is 16.6 Å². The first-order chi connectivity index (χ1) is 9.02. The normalized spacial score (nSPS) is 11.2. The fourth-order valence-electron chi connectivity index (χ4n) is 1.54. The third-order valence-corrected chi connectivity index (χ3v) is 2.53. The number of carbonyl (C=O) groups excluding carboxylic acids is 1.